The fraction of sp³-hybridized carbons (Fsp3) is 0.733. The van der Waals surface area contributed by atoms with Crippen LogP contribution in [0.15, 0.2) is 23.3 Å². The van der Waals surface area contributed by atoms with Gasteiger partial charge in [0.05, 0.1) is 0 Å². The van der Waals surface area contributed by atoms with E-state index in [1.807, 2.05) is 0 Å². The average Bonchev–Trinajstić information content (AvgIpc) is 2.58. The van der Waals surface area contributed by atoms with Gasteiger partial charge in [0.15, 0.2) is 0 Å². The largest absolute Gasteiger partial charge is 0.0802 e. The van der Waals surface area contributed by atoms with Crippen LogP contribution in [-0.4, -0.2) is 0 Å². The van der Waals surface area contributed by atoms with Gasteiger partial charge in [0, 0.05) is 0 Å². The van der Waals surface area contributed by atoms with Crippen LogP contribution in [-0.2, 0) is 0 Å². The SMILES string of the molecule is CC1(C)CCCCCCC2=C(C=CC2)C1. The first-order chi connectivity index (χ1) is 7.17. The van der Waals surface area contributed by atoms with Gasteiger partial charge in [-0.25, -0.2) is 0 Å². The fourth-order valence-corrected chi connectivity index (χ4v) is 2.94. The van der Waals surface area contributed by atoms with Crippen LogP contribution in [0.25, 0.3) is 0 Å². The molecule has 0 heterocycles. The second-order valence-electron chi connectivity index (χ2n) is 5.99. The Bertz CT molecular complexity index is 278. The molecule has 0 fully saturated rings. The van der Waals surface area contributed by atoms with Gasteiger partial charge in [0.25, 0.3) is 0 Å². The van der Waals surface area contributed by atoms with E-state index in [4.69, 9.17) is 0 Å². The average molecular weight is 204 g/mol. The molecule has 15 heavy (non-hydrogen) atoms. The molecular formula is C15H24. The molecule has 0 aromatic carbocycles. The standard InChI is InChI=1S/C15H24/c1-15(2)11-6-4-3-5-8-13-9-7-10-14(13)12-15/h7,10H,3-6,8-9,11-12H2,1-2H3. The first-order valence-corrected chi connectivity index (χ1v) is 6.55. The van der Waals surface area contributed by atoms with E-state index in [9.17, 15) is 0 Å². The highest BCUT2D eigenvalue weighted by molar-refractivity contribution is 5.34. The molecule has 0 nitrogen and oxygen atoms in total. The topological polar surface area (TPSA) is 0 Å². The van der Waals surface area contributed by atoms with E-state index < -0.39 is 0 Å². The van der Waals surface area contributed by atoms with Crippen LogP contribution in [0.2, 0.25) is 0 Å². The lowest BCUT2D eigenvalue weighted by molar-refractivity contribution is 0.315. The van der Waals surface area contributed by atoms with Crippen molar-refractivity contribution in [3.8, 4) is 0 Å². The summed E-state index contributed by atoms with van der Waals surface area (Å²) in [4.78, 5) is 0. The highest BCUT2D eigenvalue weighted by Gasteiger charge is 2.22. The fourth-order valence-electron chi connectivity index (χ4n) is 2.94. The van der Waals surface area contributed by atoms with Gasteiger partial charge < -0.3 is 0 Å². The van der Waals surface area contributed by atoms with Crippen molar-refractivity contribution in [1.29, 1.82) is 0 Å². The second-order valence-corrected chi connectivity index (χ2v) is 5.99. The lowest BCUT2D eigenvalue weighted by atomic mass is 9.79. The van der Waals surface area contributed by atoms with Gasteiger partial charge in [-0.05, 0) is 43.1 Å². The predicted octanol–water partition coefficient (Wildman–Crippen LogP) is 5.01. The third-order valence-electron chi connectivity index (χ3n) is 3.89. The molecule has 0 heteroatoms. The normalized spacial score (nSPS) is 26.5. The van der Waals surface area contributed by atoms with E-state index >= 15 is 0 Å². The summed E-state index contributed by atoms with van der Waals surface area (Å²) in [7, 11) is 0. The number of allylic oxidation sites excluding steroid dienone is 4. The smallest absolute Gasteiger partial charge is 0.0130 e. The summed E-state index contributed by atoms with van der Waals surface area (Å²) in [6, 6.07) is 0. The van der Waals surface area contributed by atoms with Crippen LogP contribution >= 0.6 is 0 Å². The molecule has 2 rings (SSSR count). The first kappa shape index (κ1) is 11.0. The Labute approximate surface area is 94.5 Å². The van der Waals surface area contributed by atoms with E-state index in [1.54, 1.807) is 11.1 Å². The lowest BCUT2D eigenvalue weighted by Gasteiger charge is -2.26. The quantitative estimate of drug-likeness (QED) is 0.520. The van der Waals surface area contributed by atoms with Gasteiger partial charge in [0.2, 0.25) is 0 Å². The summed E-state index contributed by atoms with van der Waals surface area (Å²) in [5.74, 6) is 0. The summed E-state index contributed by atoms with van der Waals surface area (Å²) < 4.78 is 0. The molecule has 0 unspecified atom stereocenters. The Morgan fingerprint density at radius 2 is 1.87 bits per heavy atom. The first-order valence-electron chi connectivity index (χ1n) is 6.55. The Hall–Kier alpha value is -0.520. The molecule has 2 aliphatic rings. The Morgan fingerprint density at radius 3 is 2.73 bits per heavy atom. The maximum atomic E-state index is 2.44. The second kappa shape index (κ2) is 4.55. The third kappa shape index (κ3) is 2.96. The minimum atomic E-state index is 0.520. The molecule has 0 saturated heterocycles. The van der Waals surface area contributed by atoms with Gasteiger partial charge in [-0.1, -0.05) is 50.8 Å². The van der Waals surface area contributed by atoms with Gasteiger partial charge in [0.1, 0.15) is 0 Å². The lowest BCUT2D eigenvalue weighted by Crippen LogP contribution is -2.13. The minimum absolute atomic E-state index is 0.520. The van der Waals surface area contributed by atoms with Crippen molar-refractivity contribution >= 4 is 0 Å². The number of hydrogen-bond acceptors (Lipinski definition) is 0. The van der Waals surface area contributed by atoms with Crippen LogP contribution in [0.4, 0.5) is 0 Å². The van der Waals surface area contributed by atoms with Crippen LogP contribution in [0.3, 0.4) is 0 Å². The highest BCUT2D eigenvalue weighted by atomic mass is 14.3. The Kier molecular flexibility index (Phi) is 3.33. The molecule has 0 spiro atoms. The zero-order valence-electron chi connectivity index (χ0n) is 10.3. The van der Waals surface area contributed by atoms with Gasteiger partial charge in [-0.3, -0.25) is 0 Å². The molecule has 0 atom stereocenters. The molecule has 0 aromatic heterocycles. The molecule has 84 valence electrons. The molecule has 0 N–H and O–H groups in total. The van der Waals surface area contributed by atoms with Crippen LogP contribution in [0, 0.1) is 5.41 Å². The molecule has 2 aliphatic carbocycles. The minimum Gasteiger partial charge on any atom is -0.0802 e. The van der Waals surface area contributed by atoms with Crippen molar-refractivity contribution in [1.82, 2.24) is 0 Å². The van der Waals surface area contributed by atoms with E-state index in [1.165, 1.54) is 51.4 Å². The Morgan fingerprint density at radius 1 is 1.07 bits per heavy atom. The molecule has 0 aliphatic heterocycles. The predicted molar refractivity (Wildman–Crippen MR) is 66.9 cm³/mol. The van der Waals surface area contributed by atoms with Crippen LogP contribution in [0.1, 0.15) is 65.2 Å². The number of hydrogen-bond donors (Lipinski definition) is 0. The molecule has 0 amide bonds. The van der Waals surface area contributed by atoms with Crippen molar-refractivity contribution in [2.75, 3.05) is 0 Å². The zero-order valence-corrected chi connectivity index (χ0v) is 10.3. The van der Waals surface area contributed by atoms with Gasteiger partial charge in [-0.2, -0.15) is 0 Å². The Balaban J connectivity index is 2.12. The summed E-state index contributed by atoms with van der Waals surface area (Å²) in [6.07, 6.45) is 15.8. The van der Waals surface area contributed by atoms with Crippen molar-refractivity contribution in [2.45, 2.75) is 65.2 Å². The maximum absolute atomic E-state index is 2.44. The number of rotatable bonds is 0. The molecule has 0 bridgehead atoms. The summed E-state index contributed by atoms with van der Waals surface area (Å²) >= 11 is 0. The summed E-state index contributed by atoms with van der Waals surface area (Å²) in [5.41, 5.74) is 3.93. The molecule has 0 radical (unpaired) electrons. The monoisotopic (exact) mass is 204 g/mol. The summed E-state index contributed by atoms with van der Waals surface area (Å²) in [5, 5.41) is 0. The van der Waals surface area contributed by atoms with E-state index in [0.717, 1.165) is 0 Å². The molecule has 0 aromatic rings. The molecular weight excluding hydrogens is 180 g/mol. The molecule has 0 saturated carbocycles. The maximum Gasteiger partial charge on any atom is -0.0130 e. The van der Waals surface area contributed by atoms with Gasteiger partial charge >= 0.3 is 0 Å². The van der Waals surface area contributed by atoms with E-state index in [-0.39, 0.29) is 0 Å². The van der Waals surface area contributed by atoms with E-state index in [0.29, 0.717) is 5.41 Å². The van der Waals surface area contributed by atoms with Crippen LogP contribution in [0.5, 0.6) is 0 Å². The third-order valence-corrected chi connectivity index (χ3v) is 3.89. The summed E-state index contributed by atoms with van der Waals surface area (Å²) in [6.45, 7) is 4.87. The van der Waals surface area contributed by atoms with Crippen molar-refractivity contribution < 1.29 is 0 Å². The van der Waals surface area contributed by atoms with Crippen molar-refractivity contribution in [3.63, 3.8) is 0 Å². The van der Waals surface area contributed by atoms with Gasteiger partial charge in [-0.15, -0.1) is 0 Å². The zero-order chi connectivity index (χ0) is 10.7. The highest BCUT2D eigenvalue weighted by Crippen LogP contribution is 2.37. The van der Waals surface area contributed by atoms with Crippen molar-refractivity contribution in [3.05, 3.63) is 23.3 Å². The van der Waals surface area contributed by atoms with E-state index in [2.05, 4.69) is 26.0 Å². The van der Waals surface area contributed by atoms with Crippen LogP contribution < -0.4 is 0 Å². The van der Waals surface area contributed by atoms with Crippen molar-refractivity contribution in [2.24, 2.45) is 5.41 Å².